The van der Waals surface area contributed by atoms with Crippen LogP contribution in [0.25, 0.3) is 11.6 Å². The molecule has 1 atom stereocenters. The topological polar surface area (TPSA) is 93.6 Å². The predicted molar refractivity (Wildman–Crippen MR) is 44.5 cm³/mol. The minimum Gasteiger partial charge on any atom is -0.342 e. The van der Waals surface area contributed by atoms with Gasteiger partial charge in [-0.15, -0.1) is 0 Å². The Labute approximate surface area is 74.2 Å². The summed E-state index contributed by atoms with van der Waals surface area (Å²) in [6, 6.07) is -0.254. The molecule has 0 saturated heterocycles. The molecule has 0 aliphatic carbocycles. The average Bonchev–Trinajstić information content (AvgIpc) is 2.75. The highest BCUT2D eigenvalue weighted by molar-refractivity contribution is 5.40. The van der Waals surface area contributed by atoms with Gasteiger partial charge in [-0.3, -0.25) is 0 Å². The summed E-state index contributed by atoms with van der Waals surface area (Å²) < 4.78 is 4.90. The molecule has 2 heterocycles. The van der Waals surface area contributed by atoms with Crippen molar-refractivity contribution in [1.29, 1.82) is 0 Å². The molecule has 3 N–H and O–H groups in total. The van der Waals surface area contributed by atoms with Crippen LogP contribution in [0.15, 0.2) is 16.9 Å². The van der Waals surface area contributed by atoms with Crippen molar-refractivity contribution in [3.05, 3.63) is 18.3 Å². The van der Waals surface area contributed by atoms with Crippen LogP contribution in [0.3, 0.4) is 0 Å². The number of H-pyrrole nitrogens is 1. The first-order valence-electron chi connectivity index (χ1n) is 3.86. The number of aromatic amines is 1. The van der Waals surface area contributed by atoms with Crippen LogP contribution >= 0.6 is 0 Å². The highest BCUT2D eigenvalue weighted by atomic mass is 16.5. The maximum Gasteiger partial charge on any atom is 0.243 e. The van der Waals surface area contributed by atoms with Gasteiger partial charge >= 0.3 is 0 Å². The lowest BCUT2D eigenvalue weighted by Gasteiger charge is -1.92. The van der Waals surface area contributed by atoms with Crippen molar-refractivity contribution in [1.82, 2.24) is 20.1 Å². The standard InChI is InChI=1S/C7H9N5O/c1-4(8)7-11-6(12-13-7)5-9-2-3-10-5/h2-4H,8H2,1H3,(H,9,10)/t4-/m0/s1. The number of nitrogens with zero attached hydrogens (tertiary/aromatic N) is 3. The molecule has 6 nitrogen and oxygen atoms in total. The molecule has 6 heteroatoms. The number of nitrogens with one attached hydrogen (secondary N) is 1. The molecule has 0 aliphatic heterocycles. The molecule has 2 rings (SSSR count). The van der Waals surface area contributed by atoms with E-state index in [0.29, 0.717) is 17.5 Å². The molecule has 0 unspecified atom stereocenters. The SMILES string of the molecule is C[C@H](N)c1nc(-c2ncc[nH]2)no1. The smallest absolute Gasteiger partial charge is 0.243 e. The van der Waals surface area contributed by atoms with E-state index in [-0.39, 0.29) is 6.04 Å². The zero-order valence-corrected chi connectivity index (χ0v) is 7.06. The molecular weight excluding hydrogens is 170 g/mol. The van der Waals surface area contributed by atoms with E-state index < -0.39 is 0 Å². The molecule has 0 radical (unpaired) electrons. The second kappa shape index (κ2) is 2.98. The Morgan fingerprint density at radius 1 is 1.62 bits per heavy atom. The Morgan fingerprint density at radius 2 is 2.46 bits per heavy atom. The highest BCUT2D eigenvalue weighted by Crippen LogP contribution is 2.12. The normalized spacial score (nSPS) is 13.1. The third-order valence-electron chi connectivity index (χ3n) is 1.54. The fourth-order valence-corrected chi connectivity index (χ4v) is 0.904. The van der Waals surface area contributed by atoms with E-state index >= 15 is 0 Å². The number of rotatable bonds is 2. The van der Waals surface area contributed by atoms with E-state index in [0.717, 1.165) is 0 Å². The van der Waals surface area contributed by atoms with Crippen LogP contribution in [-0.2, 0) is 0 Å². The van der Waals surface area contributed by atoms with E-state index in [9.17, 15) is 0 Å². The molecule has 0 fully saturated rings. The maximum atomic E-state index is 5.55. The summed E-state index contributed by atoms with van der Waals surface area (Å²) in [5.74, 6) is 1.42. The fraction of sp³-hybridized carbons (Fsp3) is 0.286. The third kappa shape index (κ3) is 1.43. The van der Waals surface area contributed by atoms with Gasteiger partial charge in [0.1, 0.15) is 0 Å². The van der Waals surface area contributed by atoms with Crippen LogP contribution in [0.5, 0.6) is 0 Å². The van der Waals surface area contributed by atoms with Gasteiger partial charge in [0, 0.05) is 12.4 Å². The largest absolute Gasteiger partial charge is 0.342 e. The van der Waals surface area contributed by atoms with Gasteiger partial charge in [-0.25, -0.2) is 4.98 Å². The van der Waals surface area contributed by atoms with E-state index in [1.165, 1.54) is 0 Å². The van der Waals surface area contributed by atoms with Crippen molar-refractivity contribution in [2.45, 2.75) is 13.0 Å². The number of hydrogen-bond acceptors (Lipinski definition) is 5. The van der Waals surface area contributed by atoms with Crippen molar-refractivity contribution in [2.75, 3.05) is 0 Å². The molecule has 0 aromatic carbocycles. The Kier molecular flexibility index (Phi) is 1.82. The molecular formula is C7H9N5O. The molecule has 0 bridgehead atoms. The third-order valence-corrected chi connectivity index (χ3v) is 1.54. The Bertz CT molecular complexity index is 377. The quantitative estimate of drug-likeness (QED) is 0.699. The van der Waals surface area contributed by atoms with E-state index in [4.69, 9.17) is 10.3 Å². The van der Waals surface area contributed by atoms with Gasteiger partial charge in [0.2, 0.25) is 11.7 Å². The summed E-state index contributed by atoms with van der Waals surface area (Å²) >= 11 is 0. The van der Waals surface area contributed by atoms with Gasteiger partial charge in [-0.1, -0.05) is 5.16 Å². The summed E-state index contributed by atoms with van der Waals surface area (Å²) in [6.07, 6.45) is 3.31. The first kappa shape index (κ1) is 7.93. The summed E-state index contributed by atoms with van der Waals surface area (Å²) in [5, 5.41) is 3.72. The fourth-order valence-electron chi connectivity index (χ4n) is 0.904. The first-order valence-corrected chi connectivity index (χ1v) is 3.86. The van der Waals surface area contributed by atoms with Crippen molar-refractivity contribution >= 4 is 0 Å². The van der Waals surface area contributed by atoms with Crippen LogP contribution in [-0.4, -0.2) is 20.1 Å². The maximum absolute atomic E-state index is 5.55. The van der Waals surface area contributed by atoms with Crippen molar-refractivity contribution in [3.8, 4) is 11.6 Å². The molecule has 0 spiro atoms. The minimum absolute atomic E-state index is 0.254. The van der Waals surface area contributed by atoms with Crippen LogP contribution in [0.4, 0.5) is 0 Å². The summed E-state index contributed by atoms with van der Waals surface area (Å²) in [4.78, 5) is 10.9. The molecule has 0 aliphatic rings. The Morgan fingerprint density at radius 3 is 3.00 bits per heavy atom. The van der Waals surface area contributed by atoms with Gasteiger partial charge < -0.3 is 15.2 Å². The number of aromatic nitrogens is 4. The van der Waals surface area contributed by atoms with Gasteiger partial charge in [-0.2, -0.15) is 4.98 Å². The van der Waals surface area contributed by atoms with Crippen molar-refractivity contribution in [2.24, 2.45) is 5.73 Å². The molecule has 0 amide bonds. The van der Waals surface area contributed by atoms with Gasteiger partial charge in [-0.05, 0) is 6.92 Å². The zero-order valence-electron chi connectivity index (χ0n) is 7.06. The van der Waals surface area contributed by atoms with Gasteiger partial charge in [0.25, 0.3) is 0 Å². The number of nitrogens with two attached hydrogens (primary N) is 1. The number of imidazole rings is 1. The van der Waals surface area contributed by atoms with Crippen LogP contribution in [0, 0.1) is 0 Å². The summed E-state index contributed by atoms with van der Waals surface area (Å²) in [6.45, 7) is 1.78. The average molecular weight is 179 g/mol. The molecule has 2 aromatic rings. The number of hydrogen-bond donors (Lipinski definition) is 2. The van der Waals surface area contributed by atoms with E-state index in [2.05, 4.69) is 20.1 Å². The Hall–Kier alpha value is -1.69. The monoisotopic (exact) mass is 179 g/mol. The van der Waals surface area contributed by atoms with Gasteiger partial charge in [0.15, 0.2) is 5.82 Å². The Balaban J connectivity index is 2.33. The van der Waals surface area contributed by atoms with Crippen LogP contribution < -0.4 is 5.73 Å². The minimum atomic E-state index is -0.254. The summed E-state index contributed by atoms with van der Waals surface area (Å²) in [5.41, 5.74) is 5.55. The lowest BCUT2D eigenvalue weighted by molar-refractivity contribution is 0.362. The molecule has 0 saturated carbocycles. The molecule has 2 aromatic heterocycles. The zero-order chi connectivity index (χ0) is 9.26. The first-order chi connectivity index (χ1) is 6.27. The van der Waals surface area contributed by atoms with Crippen molar-refractivity contribution < 1.29 is 4.52 Å². The van der Waals surface area contributed by atoms with Gasteiger partial charge in [0.05, 0.1) is 6.04 Å². The lowest BCUT2D eigenvalue weighted by atomic mass is 10.4. The van der Waals surface area contributed by atoms with Crippen LogP contribution in [0.2, 0.25) is 0 Å². The lowest BCUT2D eigenvalue weighted by Crippen LogP contribution is -2.04. The van der Waals surface area contributed by atoms with E-state index in [1.807, 2.05) is 0 Å². The molecule has 13 heavy (non-hydrogen) atoms. The second-order valence-electron chi connectivity index (χ2n) is 2.68. The predicted octanol–water partition coefficient (Wildman–Crippen LogP) is 0.479. The summed E-state index contributed by atoms with van der Waals surface area (Å²) in [7, 11) is 0. The molecule has 68 valence electrons. The van der Waals surface area contributed by atoms with Crippen LogP contribution in [0.1, 0.15) is 18.9 Å². The van der Waals surface area contributed by atoms with E-state index in [1.54, 1.807) is 19.3 Å². The van der Waals surface area contributed by atoms with Crippen molar-refractivity contribution in [3.63, 3.8) is 0 Å². The second-order valence-corrected chi connectivity index (χ2v) is 2.68. The highest BCUT2D eigenvalue weighted by Gasteiger charge is 2.12.